The van der Waals surface area contributed by atoms with Crippen molar-refractivity contribution in [2.75, 3.05) is 14.1 Å². The summed E-state index contributed by atoms with van der Waals surface area (Å²) in [6, 6.07) is 0. The van der Waals surface area contributed by atoms with Gasteiger partial charge in [0.25, 0.3) is 0 Å². The van der Waals surface area contributed by atoms with Gasteiger partial charge < -0.3 is 5.32 Å². The molecule has 0 saturated carbocycles. The van der Waals surface area contributed by atoms with Crippen molar-refractivity contribution in [1.29, 1.82) is 0 Å². The lowest BCUT2D eigenvalue weighted by Crippen LogP contribution is -2.51. The molecule has 1 unspecified atom stereocenters. The molecule has 0 aliphatic heterocycles. The lowest BCUT2D eigenvalue weighted by atomic mass is 9.91. The van der Waals surface area contributed by atoms with Crippen molar-refractivity contribution in [3.63, 3.8) is 0 Å². The van der Waals surface area contributed by atoms with Gasteiger partial charge in [0, 0.05) is 0 Å². The third-order valence-electron chi connectivity index (χ3n) is 1.80. The third kappa shape index (κ3) is 4.08. The predicted octanol–water partition coefficient (Wildman–Crippen LogP) is 1.22. The summed E-state index contributed by atoms with van der Waals surface area (Å²) < 4.78 is 0. The zero-order chi connectivity index (χ0) is 10.6. The zero-order valence-electron chi connectivity index (χ0n) is 9.22. The van der Waals surface area contributed by atoms with Crippen LogP contribution in [0.25, 0.3) is 0 Å². The van der Waals surface area contributed by atoms with Gasteiger partial charge >= 0.3 is 0 Å². The summed E-state index contributed by atoms with van der Waals surface area (Å²) in [6.07, 6.45) is 1.32. The van der Waals surface area contributed by atoms with Gasteiger partial charge in [-0.25, -0.2) is 0 Å². The van der Waals surface area contributed by atoms with Crippen LogP contribution in [0.3, 0.4) is 0 Å². The van der Waals surface area contributed by atoms with E-state index in [1.54, 1.807) is 0 Å². The molecule has 0 spiro atoms. The molecule has 3 heteroatoms. The molecule has 0 rings (SSSR count). The summed E-state index contributed by atoms with van der Waals surface area (Å²) in [4.78, 5) is 13.1. The summed E-state index contributed by atoms with van der Waals surface area (Å²) in [6.45, 7) is 9.68. The van der Waals surface area contributed by atoms with Crippen LogP contribution in [0.1, 0.15) is 20.8 Å². The molecule has 1 amide bonds. The van der Waals surface area contributed by atoms with Crippen molar-refractivity contribution in [2.24, 2.45) is 5.41 Å². The minimum Gasteiger partial charge on any atom is -0.337 e. The smallest absolute Gasteiger partial charge is 0.244 e. The number of nitrogens with zero attached hydrogens (tertiary/aromatic N) is 1. The second-order valence-corrected chi connectivity index (χ2v) is 4.44. The van der Waals surface area contributed by atoms with Crippen molar-refractivity contribution in [3.8, 4) is 0 Å². The Balaban J connectivity index is 4.45. The first-order chi connectivity index (χ1) is 5.79. The number of carbonyl (C=O) groups is 1. The SMILES string of the molecule is C=CC(=O)NC(N(C)C)C(C)(C)C. The van der Waals surface area contributed by atoms with Crippen LogP contribution in [0.2, 0.25) is 0 Å². The maximum Gasteiger partial charge on any atom is 0.244 e. The number of carbonyl (C=O) groups excluding carboxylic acids is 1. The molecule has 0 heterocycles. The van der Waals surface area contributed by atoms with Gasteiger partial charge in [-0.15, -0.1) is 0 Å². The molecule has 0 aliphatic rings. The quantitative estimate of drug-likeness (QED) is 0.528. The molecule has 0 aromatic heterocycles. The Hall–Kier alpha value is -0.830. The van der Waals surface area contributed by atoms with E-state index in [1.165, 1.54) is 6.08 Å². The highest BCUT2D eigenvalue weighted by Gasteiger charge is 2.27. The van der Waals surface area contributed by atoms with Gasteiger partial charge in [-0.2, -0.15) is 0 Å². The number of nitrogens with one attached hydrogen (secondary N) is 1. The monoisotopic (exact) mass is 184 g/mol. The van der Waals surface area contributed by atoms with E-state index in [4.69, 9.17) is 0 Å². The number of rotatable bonds is 3. The molecule has 1 N–H and O–H groups in total. The van der Waals surface area contributed by atoms with Crippen LogP contribution in [-0.4, -0.2) is 31.1 Å². The Morgan fingerprint density at radius 1 is 1.46 bits per heavy atom. The highest BCUT2D eigenvalue weighted by Crippen LogP contribution is 2.20. The Morgan fingerprint density at radius 3 is 2.15 bits per heavy atom. The molecule has 0 aliphatic carbocycles. The van der Waals surface area contributed by atoms with E-state index in [2.05, 4.69) is 32.7 Å². The minimum absolute atomic E-state index is 0.0160. The average Bonchev–Trinajstić information content (AvgIpc) is 1.96. The van der Waals surface area contributed by atoms with Crippen LogP contribution >= 0.6 is 0 Å². The van der Waals surface area contributed by atoms with Crippen molar-refractivity contribution in [2.45, 2.75) is 26.9 Å². The van der Waals surface area contributed by atoms with Crippen LogP contribution in [0.15, 0.2) is 12.7 Å². The summed E-state index contributed by atoms with van der Waals surface area (Å²) in [7, 11) is 3.89. The predicted molar refractivity (Wildman–Crippen MR) is 55.3 cm³/mol. The molecule has 13 heavy (non-hydrogen) atoms. The van der Waals surface area contributed by atoms with Gasteiger partial charge in [0.1, 0.15) is 0 Å². The molecule has 0 saturated heterocycles. The van der Waals surface area contributed by atoms with E-state index in [0.29, 0.717) is 0 Å². The van der Waals surface area contributed by atoms with Crippen LogP contribution < -0.4 is 5.32 Å². The normalized spacial score (nSPS) is 14.0. The first-order valence-corrected chi connectivity index (χ1v) is 4.38. The molecule has 76 valence electrons. The number of amides is 1. The maximum atomic E-state index is 11.1. The number of hydrogen-bond acceptors (Lipinski definition) is 2. The Morgan fingerprint density at radius 2 is 1.92 bits per heavy atom. The zero-order valence-corrected chi connectivity index (χ0v) is 9.22. The van der Waals surface area contributed by atoms with Gasteiger partial charge in [0.2, 0.25) is 5.91 Å². The topological polar surface area (TPSA) is 32.3 Å². The van der Waals surface area contributed by atoms with E-state index >= 15 is 0 Å². The van der Waals surface area contributed by atoms with E-state index in [0.717, 1.165) is 0 Å². The maximum absolute atomic E-state index is 11.1. The van der Waals surface area contributed by atoms with Crippen molar-refractivity contribution >= 4 is 5.91 Å². The lowest BCUT2D eigenvalue weighted by molar-refractivity contribution is -0.119. The fourth-order valence-corrected chi connectivity index (χ4v) is 1.31. The van der Waals surface area contributed by atoms with Crippen LogP contribution in [0, 0.1) is 5.41 Å². The standard InChI is InChI=1S/C10H20N2O/c1-7-8(13)11-9(12(5)6)10(2,3)4/h7,9H,1H2,2-6H3,(H,11,13). The fraction of sp³-hybridized carbons (Fsp3) is 0.700. The first kappa shape index (κ1) is 12.2. The van der Waals surface area contributed by atoms with Gasteiger partial charge in [0.05, 0.1) is 6.17 Å². The van der Waals surface area contributed by atoms with Gasteiger partial charge in [-0.1, -0.05) is 27.4 Å². The summed E-state index contributed by atoms with van der Waals surface area (Å²) in [5.74, 6) is -0.131. The molecule has 0 aromatic rings. The van der Waals surface area contributed by atoms with Crippen LogP contribution in [-0.2, 0) is 4.79 Å². The number of hydrogen-bond donors (Lipinski definition) is 1. The van der Waals surface area contributed by atoms with Crippen molar-refractivity contribution in [1.82, 2.24) is 10.2 Å². The van der Waals surface area contributed by atoms with E-state index in [1.807, 2.05) is 19.0 Å². The summed E-state index contributed by atoms with van der Waals surface area (Å²) in [5.41, 5.74) is 0.0160. The van der Waals surface area contributed by atoms with Gasteiger partial charge in [-0.05, 0) is 25.6 Å². The van der Waals surface area contributed by atoms with Crippen LogP contribution in [0.4, 0.5) is 0 Å². The average molecular weight is 184 g/mol. The molecule has 0 radical (unpaired) electrons. The van der Waals surface area contributed by atoms with Crippen LogP contribution in [0.5, 0.6) is 0 Å². The fourth-order valence-electron chi connectivity index (χ4n) is 1.31. The third-order valence-corrected chi connectivity index (χ3v) is 1.80. The molecular weight excluding hydrogens is 164 g/mol. The Bertz CT molecular complexity index is 192. The largest absolute Gasteiger partial charge is 0.337 e. The molecule has 0 aromatic carbocycles. The second kappa shape index (κ2) is 4.42. The van der Waals surface area contributed by atoms with Gasteiger partial charge in [-0.3, -0.25) is 9.69 Å². The first-order valence-electron chi connectivity index (χ1n) is 4.38. The van der Waals surface area contributed by atoms with E-state index in [9.17, 15) is 4.79 Å². The van der Waals surface area contributed by atoms with Crippen molar-refractivity contribution in [3.05, 3.63) is 12.7 Å². The highest BCUT2D eigenvalue weighted by molar-refractivity contribution is 5.87. The molecule has 0 bridgehead atoms. The minimum atomic E-state index is -0.131. The molecule has 3 nitrogen and oxygen atoms in total. The second-order valence-electron chi connectivity index (χ2n) is 4.44. The molecule has 1 atom stereocenters. The molecule has 0 fully saturated rings. The summed E-state index contributed by atoms with van der Waals surface area (Å²) >= 11 is 0. The molecular formula is C10H20N2O. The lowest BCUT2D eigenvalue weighted by Gasteiger charge is -2.36. The van der Waals surface area contributed by atoms with Gasteiger partial charge in [0.15, 0.2) is 0 Å². The highest BCUT2D eigenvalue weighted by atomic mass is 16.1. The summed E-state index contributed by atoms with van der Waals surface area (Å²) in [5, 5.41) is 2.88. The van der Waals surface area contributed by atoms with E-state index < -0.39 is 0 Å². The Kier molecular flexibility index (Phi) is 4.14. The van der Waals surface area contributed by atoms with Crippen molar-refractivity contribution < 1.29 is 4.79 Å². The van der Waals surface area contributed by atoms with E-state index in [-0.39, 0.29) is 17.5 Å². The Labute approximate surface area is 80.8 Å².